The SMILES string of the molecule is Cc1cccc(NS(=O)(=O)c2sc3ccc(C#N)cc3c2C)n1. The Hall–Kier alpha value is -2.43. The molecular weight excluding hydrogens is 330 g/mol. The summed E-state index contributed by atoms with van der Waals surface area (Å²) in [6.45, 7) is 3.55. The van der Waals surface area contributed by atoms with E-state index in [-0.39, 0.29) is 4.21 Å². The summed E-state index contributed by atoms with van der Waals surface area (Å²) in [4.78, 5) is 4.17. The van der Waals surface area contributed by atoms with E-state index in [4.69, 9.17) is 5.26 Å². The number of pyridine rings is 1. The van der Waals surface area contributed by atoms with Crippen LogP contribution in [0.5, 0.6) is 0 Å². The summed E-state index contributed by atoms with van der Waals surface area (Å²) in [7, 11) is -3.72. The molecule has 0 atom stereocenters. The van der Waals surface area contributed by atoms with Gasteiger partial charge in [-0.2, -0.15) is 5.26 Å². The summed E-state index contributed by atoms with van der Waals surface area (Å²) < 4.78 is 28.9. The lowest BCUT2D eigenvalue weighted by molar-refractivity contribution is 0.602. The van der Waals surface area contributed by atoms with Crippen molar-refractivity contribution < 1.29 is 8.42 Å². The summed E-state index contributed by atoms with van der Waals surface area (Å²) in [5, 5.41) is 9.77. The fourth-order valence-corrected chi connectivity index (χ4v) is 5.06. The van der Waals surface area contributed by atoms with Gasteiger partial charge in [-0.25, -0.2) is 13.4 Å². The Labute approximate surface area is 138 Å². The molecule has 2 heterocycles. The zero-order valence-electron chi connectivity index (χ0n) is 12.5. The van der Waals surface area contributed by atoms with Crippen LogP contribution >= 0.6 is 11.3 Å². The van der Waals surface area contributed by atoms with Crippen LogP contribution in [0.25, 0.3) is 10.1 Å². The Balaban J connectivity index is 2.08. The van der Waals surface area contributed by atoms with Gasteiger partial charge in [0.2, 0.25) is 0 Å². The van der Waals surface area contributed by atoms with Crippen molar-refractivity contribution in [3.63, 3.8) is 0 Å². The molecule has 0 saturated heterocycles. The van der Waals surface area contributed by atoms with Gasteiger partial charge in [0.15, 0.2) is 0 Å². The molecule has 0 radical (unpaired) electrons. The van der Waals surface area contributed by atoms with Crippen LogP contribution in [0.3, 0.4) is 0 Å². The van der Waals surface area contributed by atoms with Crippen molar-refractivity contribution in [3.05, 3.63) is 53.2 Å². The minimum atomic E-state index is -3.72. The Morgan fingerprint density at radius 3 is 2.70 bits per heavy atom. The molecule has 0 bridgehead atoms. The second-order valence-electron chi connectivity index (χ2n) is 5.11. The molecule has 23 heavy (non-hydrogen) atoms. The van der Waals surface area contributed by atoms with E-state index < -0.39 is 10.0 Å². The summed E-state index contributed by atoms with van der Waals surface area (Å²) in [5.41, 5.74) is 1.88. The molecule has 0 unspecified atom stereocenters. The largest absolute Gasteiger partial charge is 0.272 e. The summed E-state index contributed by atoms with van der Waals surface area (Å²) in [6, 6.07) is 12.4. The van der Waals surface area contributed by atoms with E-state index in [0.717, 1.165) is 15.8 Å². The molecule has 1 aromatic carbocycles. The first-order valence-electron chi connectivity index (χ1n) is 6.80. The summed E-state index contributed by atoms with van der Waals surface area (Å²) in [6.07, 6.45) is 0. The number of nitrogens with one attached hydrogen (secondary N) is 1. The van der Waals surface area contributed by atoms with Crippen LogP contribution in [-0.2, 0) is 10.0 Å². The summed E-state index contributed by atoms with van der Waals surface area (Å²) >= 11 is 1.19. The van der Waals surface area contributed by atoms with Gasteiger partial charge in [-0.3, -0.25) is 4.72 Å². The molecule has 0 aliphatic carbocycles. The van der Waals surface area contributed by atoms with Gasteiger partial charge < -0.3 is 0 Å². The Morgan fingerprint density at radius 2 is 2.00 bits per heavy atom. The number of anilines is 1. The number of rotatable bonds is 3. The van der Waals surface area contributed by atoms with E-state index in [0.29, 0.717) is 16.9 Å². The van der Waals surface area contributed by atoms with Crippen molar-refractivity contribution in [1.82, 2.24) is 4.98 Å². The van der Waals surface area contributed by atoms with E-state index in [1.165, 1.54) is 11.3 Å². The maximum Gasteiger partial charge on any atom is 0.272 e. The minimum Gasteiger partial charge on any atom is -0.263 e. The fourth-order valence-electron chi connectivity index (χ4n) is 2.31. The molecule has 0 aliphatic heterocycles. The number of nitrogens with zero attached hydrogens (tertiary/aromatic N) is 2. The number of hydrogen-bond acceptors (Lipinski definition) is 5. The molecule has 0 spiro atoms. The van der Waals surface area contributed by atoms with E-state index in [9.17, 15) is 8.42 Å². The van der Waals surface area contributed by atoms with Crippen molar-refractivity contribution in [2.24, 2.45) is 0 Å². The molecule has 5 nitrogen and oxygen atoms in total. The Bertz CT molecular complexity index is 1050. The van der Waals surface area contributed by atoms with Crippen molar-refractivity contribution >= 4 is 37.3 Å². The number of benzene rings is 1. The maximum atomic E-state index is 12.7. The maximum absolute atomic E-state index is 12.7. The normalized spacial score (nSPS) is 11.3. The second kappa shape index (κ2) is 5.65. The van der Waals surface area contributed by atoms with Gasteiger partial charge in [0, 0.05) is 10.4 Å². The zero-order chi connectivity index (χ0) is 16.6. The van der Waals surface area contributed by atoms with Crippen LogP contribution in [-0.4, -0.2) is 13.4 Å². The van der Waals surface area contributed by atoms with Crippen LogP contribution < -0.4 is 4.72 Å². The van der Waals surface area contributed by atoms with Gasteiger partial charge >= 0.3 is 0 Å². The van der Waals surface area contributed by atoms with E-state index in [1.807, 2.05) is 0 Å². The molecule has 116 valence electrons. The van der Waals surface area contributed by atoms with Crippen molar-refractivity contribution in [3.8, 4) is 6.07 Å². The molecule has 3 rings (SSSR count). The van der Waals surface area contributed by atoms with Crippen molar-refractivity contribution in [2.75, 3.05) is 4.72 Å². The van der Waals surface area contributed by atoms with Gasteiger partial charge in [0.05, 0.1) is 11.6 Å². The molecule has 2 aromatic heterocycles. The predicted octanol–water partition coefficient (Wildman–Crippen LogP) is 3.59. The predicted molar refractivity (Wildman–Crippen MR) is 91.1 cm³/mol. The standard InChI is InChI=1S/C16H13N3O2S2/c1-10-4-3-5-15(18-10)19-23(20,21)16-11(2)13-8-12(9-17)6-7-14(13)22-16/h3-8H,1-2H3,(H,18,19). The third kappa shape index (κ3) is 2.91. The smallest absolute Gasteiger partial charge is 0.263 e. The Morgan fingerprint density at radius 1 is 1.22 bits per heavy atom. The molecule has 7 heteroatoms. The molecule has 0 saturated carbocycles. The van der Waals surface area contributed by atoms with Gasteiger partial charge in [-0.1, -0.05) is 6.07 Å². The number of hydrogen-bond donors (Lipinski definition) is 1. The van der Waals surface area contributed by atoms with Crippen LogP contribution in [0, 0.1) is 25.2 Å². The number of nitriles is 1. The van der Waals surface area contributed by atoms with Crippen LogP contribution in [0.1, 0.15) is 16.8 Å². The van der Waals surface area contributed by atoms with Gasteiger partial charge in [-0.15, -0.1) is 11.3 Å². The first-order valence-corrected chi connectivity index (χ1v) is 9.10. The van der Waals surface area contributed by atoms with Crippen LogP contribution in [0.15, 0.2) is 40.6 Å². The monoisotopic (exact) mass is 343 g/mol. The topological polar surface area (TPSA) is 82.9 Å². The van der Waals surface area contributed by atoms with Gasteiger partial charge in [0.25, 0.3) is 10.0 Å². The molecule has 0 amide bonds. The molecule has 0 aliphatic rings. The lowest BCUT2D eigenvalue weighted by Gasteiger charge is -2.07. The lowest BCUT2D eigenvalue weighted by Crippen LogP contribution is -2.13. The average molecular weight is 343 g/mol. The van der Waals surface area contributed by atoms with Crippen molar-refractivity contribution in [1.29, 1.82) is 5.26 Å². The highest BCUT2D eigenvalue weighted by atomic mass is 32.2. The fraction of sp³-hybridized carbons (Fsp3) is 0.125. The highest BCUT2D eigenvalue weighted by molar-refractivity contribution is 7.94. The van der Waals surface area contributed by atoms with Crippen LogP contribution in [0.2, 0.25) is 0 Å². The van der Waals surface area contributed by atoms with E-state index >= 15 is 0 Å². The van der Waals surface area contributed by atoms with Gasteiger partial charge in [-0.05, 0) is 55.1 Å². The number of aryl methyl sites for hydroxylation is 2. The zero-order valence-corrected chi connectivity index (χ0v) is 14.1. The first-order chi connectivity index (χ1) is 10.9. The van der Waals surface area contributed by atoms with Crippen molar-refractivity contribution in [2.45, 2.75) is 18.1 Å². The summed E-state index contributed by atoms with van der Waals surface area (Å²) in [5.74, 6) is 0.291. The molecule has 3 aromatic rings. The van der Waals surface area contributed by atoms with Crippen LogP contribution in [0.4, 0.5) is 5.82 Å². The molecule has 0 fully saturated rings. The number of thiophene rings is 1. The van der Waals surface area contributed by atoms with E-state index in [1.54, 1.807) is 50.2 Å². The minimum absolute atomic E-state index is 0.242. The second-order valence-corrected chi connectivity index (χ2v) is 8.04. The Kier molecular flexibility index (Phi) is 3.80. The number of fused-ring (bicyclic) bond motifs is 1. The number of sulfonamides is 1. The average Bonchev–Trinajstić information content (AvgIpc) is 2.84. The lowest BCUT2D eigenvalue weighted by atomic mass is 10.1. The highest BCUT2D eigenvalue weighted by Gasteiger charge is 2.22. The first kappa shape index (κ1) is 15.5. The third-order valence-electron chi connectivity index (χ3n) is 3.39. The quantitative estimate of drug-likeness (QED) is 0.788. The van der Waals surface area contributed by atoms with E-state index in [2.05, 4.69) is 15.8 Å². The molecule has 1 N–H and O–H groups in total. The van der Waals surface area contributed by atoms with Gasteiger partial charge in [0.1, 0.15) is 10.0 Å². The number of aromatic nitrogens is 1. The third-order valence-corrected chi connectivity index (χ3v) is 6.64. The molecular formula is C16H13N3O2S2. The highest BCUT2D eigenvalue weighted by Crippen LogP contribution is 2.35.